The summed E-state index contributed by atoms with van der Waals surface area (Å²) in [6.07, 6.45) is 2.47. The van der Waals surface area contributed by atoms with E-state index in [0.717, 1.165) is 24.0 Å². The lowest BCUT2D eigenvalue weighted by atomic mass is 9.86. The first kappa shape index (κ1) is 33.4. The van der Waals surface area contributed by atoms with E-state index < -0.39 is 30.7 Å². The second kappa shape index (κ2) is 16.0. The fourth-order valence-corrected chi connectivity index (χ4v) is 5.89. The molecule has 0 radical (unpaired) electrons. The summed E-state index contributed by atoms with van der Waals surface area (Å²) in [5.74, 6) is -0.360. The minimum Gasteiger partial charge on any atom is -0.493 e. The smallest absolute Gasteiger partial charge is 0.341 e. The standard InChI is InChI=1S/C36H43NO8/c1-24(2)34(26-11-6-5-7-12-26)35(40)37-20-9-8-15-29(37)36(41)45-30(27-13-10-14-28(22-27)44-23-33(38)39)18-16-25-17-19-31(42-3)32(21-25)43-4/h5-7,10-14,17,19,21-22,24,29-30,34H,8-9,15-16,18,20,23H2,1-4H3,(H,38,39)/t29-,30?,34+/m0/s1. The molecule has 1 aliphatic heterocycles. The molecule has 9 heteroatoms. The summed E-state index contributed by atoms with van der Waals surface area (Å²) in [6, 6.07) is 21.6. The zero-order valence-corrected chi connectivity index (χ0v) is 26.4. The number of carbonyl (C=O) groups excluding carboxylic acids is 2. The summed E-state index contributed by atoms with van der Waals surface area (Å²) >= 11 is 0. The number of carbonyl (C=O) groups is 3. The number of rotatable bonds is 14. The van der Waals surface area contributed by atoms with E-state index in [1.165, 1.54) is 0 Å². The molecule has 4 rings (SSSR count). The lowest BCUT2D eigenvalue weighted by Gasteiger charge is -2.38. The summed E-state index contributed by atoms with van der Waals surface area (Å²) in [5, 5.41) is 9.08. The van der Waals surface area contributed by atoms with Crippen LogP contribution in [0.1, 0.15) is 68.2 Å². The number of piperidine rings is 1. The Morgan fingerprint density at radius 1 is 0.889 bits per heavy atom. The predicted molar refractivity (Wildman–Crippen MR) is 170 cm³/mol. The van der Waals surface area contributed by atoms with E-state index in [-0.39, 0.29) is 17.7 Å². The molecule has 1 heterocycles. The molecule has 9 nitrogen and oxygen atoms in total. The van der Waals surface area contributed by atoms with E-state index in [2.05, 4.69) is 0 Å². The summed E-state index contributed by atoms with van der Waals surface area (Å²) in [6.45, 7) is 4.05. The third-order valence-corrected chi connectivity index (χ3v) is 8.14. The zero-order chi connectivity index (χ0) is 32.3. The molecule has 3 atom stereocenters. The number of esters is 1. The van der Waals surface area contributed by atoms with Crippen molar-refractivity contribution < 1.29 is 38.4 Å². The van der Waals surface area contributed by atoms with E-state index in [9.17, 15) is 14.4 Å². The van der Waals surface area contributed by atoms with Gasteiger partial charge in [-0.1, -0.05) is 62.4 Å². The van der Waals surface area contributed by atoms with Gasteiger partial charge in [0.1, 0.15) is 17.9 Å². The quantitative estimate of drug-likeness (QED) is 0.213. The second-order valence-corrected chi connectivity index (χ2v) is 11.6. The van der Waals surface area contributed by atoms with Gasteiger partial charge in [0.05, 0.1) is 20.1 Å². The molecular formula is C36H43NO8. The third-order valence-electron chi connectivity index (χ3n) is 8.14. The maximum Gasteiger partial charge on any atom is 0.341 e. The Hall–Kier alpha value is -4.53. The van der Waals surface area contributed by atoms with Crippen molar-refractivity contribution in [1.29, 1.82) is 0 Å². The van der Waals surface area contributed by atoms with Crippen molar-refractivity contribution in [3.63, 3.8) is 0 Å². The lowest BCUT2D eigenvalue weighted by molar-refractivity contribution is -0.163. The first-order valence-corrected chi connectivity index (χ1v) is 15.4. The largest absolute Gasteiger partial charge is 0.493 e. The molecule has 1 N–H and O–H groups in total. The fraction of sp³-hybridized carbons (Fsp3) is 0.417. The van der Waals surface area contributed by atoms with Crippen LogP contribution >= 0.6 is 0 Å². The molecule has 0 aromatic heterocycles. The number of likely N-dealkylation sites (tertiary alicyclic amines) is 1. The third kappa shape index (κ3) is 8.77. The van der Waals surface area contributed by atoms with Crippen molar-refractivity contribution in [1.82, 2.24) is 4.90 Å². The summed E-state index contributed by atoms with van der Waals surface area (Å²) in [7, 11) is 3.16. The highest BCUT2D eigenvalue weighted by molar-refractivity contribution is 5.89. The fourth-order valence-electron chi connectivity index (χ4n) is 5.89. The second-order valence-electron chi connectivity index (χ2n) is 11.6. The van der Waals surface area contributed by atoms with Crippen LogP contribution in [0.25, 0.3) is 0 Å². The molecule has 1 amide bonds. The van der Waals surface area contributed by atoms with Gasteiger partial charge in [0.2, 0.25) is 5.91 Å². The molecule has 0 saturated carbocycles. The Bertz CT molecular complexity index is 1440. The lowest BCUT2D eigenvalue weighted by Crippen LogP contribution is -2.51. The highest BCUT2D eigenvalue weighted by Gasteiger charge is 2.38. The van der Waals surface area contributed by atoms with Gasteiger partial charge in [-0.2, -0.15) is 0 Å². The van der Waals surface area contributed by atoms with E-state index >= 15 is 0 Å². The SMILES string of the molecule is COc1ccc(CCC(OC(=O)[C@@H]2CCCCN2C(=O)[C@@H](c2ccccc2)C(C)C)c2cccc(OCC(=O)O)c2)cc1OC. The van der Waals surface area contributed by atoms with Crippen LogP contribution in [0.15, 0.2) is 72.8 Å². The van der Waals surface area contributed by atoms with Gasteiger partial charge in [-0.25, -0.2) is 9.59 Å². The number of hydrogen-bond donors (Lipinski definition) is 1. The van der Waals surface area contributed by atoms with Crippen molar-refractivity contribution in [3.8, 4) is 17.2 Å². The molecule has 1 aliphatic rings. The van der Waals surface area contributed by atoms with Crippen molar-refractivity contribution >= 4 is 17.8 Å². The van der Waals surface area contributed by atoms with Crippen LogP contribution in [0.4, 0.5) is 0 Å². The molecule has 3 aromatic rings. The first-order valence-electron chi connectivity index (χ1n) is 15.4. The minimum absolute atomic E-state index is 0.0428. The van der Waals surface area contributed by atoms with Crippen molar-refractivity contribution in [2.45, 2.75) is 64.0 Å². The monoisotopic (exact) mass is 617 g/mol. The molecule has 1 fully saturated rings. The van der Waals surface area contributed by atoms with Gasteiger partial charge in [0.25, 0.3) is 0 Å². The molecule has 45 heavy (non-hydrogen) atoms. The van der Waals surface area contributed by atoms with Crippen LogP contribution in [-0.4, -0.2) is 61.3 Å². The average molecular weight is 618 g/mol. The van der Waals surface area contributed by atoms with Crippen LogP contribution in [-0.2, 0) is 25.5 Å². The first-order chi connectivity index (χ1) is 21.7. The molecule has 0 aliphatic carbocycles. The maximum absolute atomic E-state index is 14.0. The van der Waals surface area contributed by atoms with Gasteiger partial charge in [0, 0.05) is 6.54 Å². The Balaban J connectivity index is 1.59. The van der Waals surface area contributed by atoms with Crippen LogP contribution < -0.4 is 14.2 Å². The van der Waals surface area contributed by atoms with Crippen LogP contribution in [0.5, 0.6) is 17.2 Å². The van der Waals surface area contributed by atoms with Crippen LogP contribution in [0, 0.1) is 5.92 Å². The molecule has 0 bridgehead atoms. The Morgan fingerprint density at radius 3 is 2.31 bits per heavy atom. The molecular weight excluding hydrogens is 574 g/mol. The van der Waals surface area contributed by atoms with Crippen LogP contribution in [0.3, 0.4) is 0 Å². The number of benzene rings is 3. The van der Waals surface area contributed by atoms with Crippen LogP contribution in [0.2, 0.25) is 0 Å². The average Bonchev–Trinajstić information content (AvgIpc) is 3.05. The van der Waals surface area contributed by atoms with Gasteiger partial charge >= 0.3 is 11.9 Å². The molecule has 1 unspecified atom stereocenters. The number of methoxy groups -OCH3 is 2. The van der Waals surface area contributed by atoms with E-state index in [0.29, 0.717) is 48.6 Å². The zero-order valence-electron chi connectivity index (χ0n) is 26.4. The highest BCUT2D eigenvalue weighted by Crippen LogP contribution is 2.34. The highest BCUT2D eigenvalue weighted by atomic mass is 16.5. The van der Waals surface area contributed by atoms with Gasteiger partial charge < -0.3 is 29.0 Å². The maximum atomic E-state index is 14.0. The summed E-state index contributed by atoms with van der Waals surface area (Å²) in [5.41, 5.74) is 2.56. The number of ether oxygens (including phenoxy) is 4. The molecule has 1 saturated heterocycles. The molecule has 240 valence electrons. The number of amides is 1. The number of carboxylic acid groups (broad SMARTS) is 1. The Morgan fingerprint density at radius 2 is 1.62 bits per heavy atom. The minimum atomic E-state index is -1.09. The van der Waals surface area contributed by atoms with Gasteiger partial charge in [-0.05, 0) is 79.0 Å². The van der Waals surface area contributed by atoms with E-state index in [1.54, 1.807) is 37.3 Å². The normalized spacial score (nSPS) is 16.0. The van der Waals surface area contributed by atoms with Gasteiger partial charge in [-0.3, -0.25) is 4.79 Å². The number of aryl methyl sites for hydroxylation is 1. The summed E-state index contributed by atoms with van der Waals surface area (Å²) < 4.78 is 22.5. The van der Waals surface area contributed by atoms with E-state index in [4.69, 9.17) is 24.1 Å². The Kier molecular flexibility index (Phi) is 11.8. The molecule has 0 spiro atoms. The molecule has 3 aromatic carbocycles. The van der Waals surface area contributed by atoms with E-state index in [1.807, 2.05) is 68.4 Å². The van der Waals surface area contributed by atoms with Crippen molar-refractivity contribution in [2.24, 2.45) is 5.92 Å². The summed E-state index contributed by atoms with van der Waals surface area (Å²) in [4.78, 5) is 40.8. The number of nitrogens with zero attached hydrogens (tertiary/aromatic N) is 1. The van der Waals surface area contributed by atoms with Crippen molar-refractivity contribution in [2.75, 3.05) is 27.4 Å². The predicted octanol–water partition coefficient (Wildman–Crippen LogP) is 6.21. The Labute approximate surface area is 265 Å². The van der Waals surface area contributed by atoms with Gasteiger partial charge in [-0.15, -0.1) is 0 Å². The number of aliphatic carboxylic acids is 1. The number of hydrogen-bond acceptors (Lipinski definition) is 7. The van der Waals surface area contributed by atoms with Gasteiger partial charge in [0.15, 0.2) is 18.1 Å². The number of carboxylic acids is 1. The topological polar surface area (TPSA) is 112 Å². The van der Waals surface area contributed by atoms with Crippen molar-refractivity contribution in [3.05, 3.63) is 89.5 Å².